The Kier molecular flexibility index (Phi) is 9.94. The van der Waals surface area contributed by atoms with E-state index >= 15 is 0 Å². The molecule has 0 saturated carbocycles. The fraction of sp³-hybridized carbons (Fsp3) is 1.00. The van der Waals surface area contributed by atoms with E-state index < -0.39 is 0 Å². The first-order chi connectivity index (χ1) is 6.27. The molecule has 0 heterocycles. The van der Waals surface area contributed by atoms with Crippen molar-refractivity contribution in [3.63, 3.8) is 0 Å². The van der Waals surface area contributed by atoms with E-state index in [-0.39, 0.29) is 6.10 Å². The summed E-state index contributed by atoms with van der Waals surface area (Å²) < 4.78 is 5.36. The normalized spacial score (nSPS) is 13.2. The molecule has 0 aromatic carbocycles. The molecule has 0 radical (unpaired) electrons. The van der Waals surface area contributed by atoms with Crippen LogP contribution in [0.5, 0.6) is 0 Å². The first-order valence-corrected chi connectivity index (χ1v) is 5.53. The molecule has 2 heteroatoms. The number of hydrogen-bond donors (Lipinski definition) is 1. The maximum atomic E-state index is 8.95. The molecule has 0 aromatic heterocycles. The van der Waals surface area contributed by atoms with E-state index in [1.54, 1.807) is 6.92 Å². The zero-order chi connectivity index (χ0) is 9.94. The molecular weight excluding hydrogens is 164 g/mol. The van der Waals surface area contributed by atoms with Gasteiger partial charge in [0, 0.05) is 13.2 Å². The van der Waals surface area contributed by atoms with Crippen molar-refractivity contribution < 1.29 is 9.84 Å². The number of ether oxygens (including phenoxy) is 1. The van der Waals surface area contributed by atoms with Gasteiger partial charge in [-0.3, -0.25) is 0 Å². The van der Waals surface area contributed by atoms with Crippen molar-refractivity contribution in [3.05, 3.63) is 0 Å². The third-order valence-electron chi connectivity index (χ3n) is 2.07. The molecule has 0 saturated heterocycles. The van der Waals surface area contributed by atoms with Crippen LogP contribution in [-0.2, 0) is 4.74 Å². The Labute approximate surface area is 82.3 Å². The second-order valence-electron chi connectivity index (χ2n) is 3.66. The summed E-state index contributed by atoms with van der Waals surface area (Å²) in [5, 5.41) is 8.95. The molecule has 0 bridgehead atoms. The lowest BCUT2D eigenvalue weighted by Crippen LogP contribution is -2.06. The highest BCUT2D eigenvalue weighted by Gasteiger charge is 1.94. The van der Waals surface area contributed by atoms with E-state index in [1.807, 2.05) is 0 Å². The van der Waals surface area contributed by atoms with Crippen LogP contribution in [0, 0.1) is 0 Å². The van der Waals surface area contributed by atoms with E-state index in [4.69, 9.17) is 9.84 Å². The number of aliphatic hydroxyl groups excluding tert-OH is 1. The molecule has 13 heavy (non-hydrogen) atoms. The highest BCUT2D eigenvalue weighted by Crippen LogP contribution is 2.02. The van der Waals surface area contributed by atoms with Crippen molar-refractivity contribution in [1.29, 1.82) is 0 Å². The number of rotatable bonds is 9. The van der Waals surface area contributed by atoms with Gasteiger partial charge in [0.25, 0.3) is 0 Å². The summed E-state index contributed by atoms with van der Waals surface area (Å²) in [5.74, 6) is 0. The summed E-state index contributed by atoms with van der Waals surface area (Å²) in [6.45, 7) is 5.58. The lowest BCUT2D eigenvalue weighted by molar-refractivity contribution is 0.0870. The first-order valence-electron chi connectivity index (χ1n) is 5.53. The van der Waals surface area contributed by atoms with E-state index in [2.05, 4.69) is 6.92 Å². The van der Waals surface area contributed by atoms with Crippen LogP contribution in [0.2, 0.25) is 0 Å². The fourth-order valence-corrected chi connectivity index (χ4v) is 1.16. The summed E-state index contributed by atoms with van der Waals surface area (Å²) >= 11 is 0. The lowest BCUT2D eigenvalue weighted by atomic mass is 10.2. The van der Waals surface area contributed by atoms with E-state index in [9.17, 15) is 0 Å². The highest BCUT2D eigenvalue weighted by atomic mass is 16.5. The minimum absolute atomic E-state index is 0.222. The Balaban J connectivity index is 2.84. The molecule has 0 amide bonds. The smallest absolute Gasteiger partial charge is 0.0534 e. The van der Waals surface area contributed by atoms with Crippen LogP contribution in [0.1, 0.15) is 52.4 Å². The average Bonchev–Trinajstić information content (AvgIpc) is 2.09. The van der Waals surface area contributed by atoms with E-state index in [0.29, 0.717) is 6.61 Å². The number of aliphatic hydroxyl groups is 1. The van der Waals surface area contributed by atoms with Gasteiger partial charge in [-0.15, -0.1) is 0 Å². The Bertz CT molecular complexity index is 92.1. The van der Waals surface area contributed by atoms with Crippen LogP contribution in [0.25, 0.3) is 0 Å². The molecule has 0 spiro atoms. The van der Waals surface area contributed by atoms with Gasteiger partial charge in [0.2, 0.25) is 0 Å². The molecule has 0 aliphatic rings. The second-order valence-corrected chi connectivity index (χ2v) is 3.66. The van der Waals surface area contributed by atoms with Crippen LogP contribution in [0.3, 0.4) is 0 Å². The predicted octanol–water partition coefficient (Wildman–Crippen LogP) is 2.74. The van der Waals surface area contributed by atoms with Gasteiger partial charge in [0.15, 0.2) is 0 Å². The number of hydrogen-bond acceptors (Lipinski definition) is 2. The zero-order valence-electron chi connectivity index (χ0n) is 9.09. The molecule has 0 aliphatic heterocycles. The van der Waals surface area contributed by atoms with Crippen molar-refractivity contribution >= 4 is 0 Å². The summed E-state index contributed by atoms with van der Waals surface area (Å²) in [7, 11) is 0. The minimum Gasteiger partial charge on any atom is -0.393 e. The molecule has 0 aromatic rings. The zero-order valence-corrected chi connectivity index (χ0v) is 9.09. The predicted molar refractivity (Wildman–Crippen MR) is 55.9 cm³/mol. The number of unbranched alkanes of at least 4 members (excludes halogenated alkanes) is 4. The van der Waals surface area contributed by atoms with Gasteiger partial charge in [-0.1, -0.05) is 32.6 Å². The van der Waals surface area contributed by atoms with Crippen molar-refractivity contribution in [3.8, 4) is 0 Å². The van der Waals surface area contributed by atoms with Gasteiger partial charge in [0.1, 0.15) is 0 Å². The van der Waals surface area contributed by atoms with Crippen molar-refractivity contribution in [2.75, 3.05) is 13.2 Å². The van der Waals surface area contributed by atoms with Gasteiger partial charge in [0.05, 0.1) is 6.10 Å². The van der Waals surface area contributed by atoms with Crippen molar-refractivity contribution in [1.82, 2.24) is 0 Å². The Morgan fingerprint density at radius 3 is 2.38 bits per heavy atom. The minimum atomic E-state index is -0.222. The Morgan fingerprint density at radius 1 is 1.08 bits per heavy atom. The van der Waals surface area contributed by atoms with Gasteiger partial charge in [-0.2, -0.15) is 0 Å². The van der Waals surface area contributed by atoms with Crippen LogP contribution < -0.4 is 0 Å². The summed E-state index contributed by atoms with van der Waals surface area (Å²) in [6, 6.07) is 0. The molecule has 0 fully saturated rings. The Hall–Kier alpha value is -0.0800. The van der Waals surface area contributed by atoms with Crippen LogP contribution in [0.4, 0.5) is 0 Å². The quantitative estimate of drug-likeness (QED) is 0.564. The third kappa shape index (κ3) is 11.9. The van der Waals surface area contributed by atoms with Gasteiger partial charge >= 0.3 is 0 Å². The van der Waals surface area contributed by atoms with E-state index in [0.717, 1.165) is 13.0 Å². The molecule has 0 aliphatic carbocycles. The van der Waals surface area contributed by atoms with Crippen molar-refractivity contribution in [2.45, 2.75) is 58.5 Å². The van der Waals surface area contributed by atoms with Crippen molar-refractivity contribution in [2.24, 2.45) is 0 Å². The van der Waals surface area contributed by atoms with Gasteiger partial charge < -0.3 is 9.84 Å². The lowest BCUT2D eigenvalue weighted by Gasteiger charge is -2.05. The van der Waals surface area contributed by atoms with Gasteiger partial charge in [-0.25, -0.2) is 0 Å². The SMILES string of the molecule is CCCCCCCOCCC(C)O. The maximum Gasteiger partial charge on any atom is 0.0534 e. The topological polar surface area (TPSA) is 29.5 Å². The molecule has 2 nitrogen and oxygen atoms in total. The molecule has 1 atom stereocenters. The fourth-order valence-electron chi connectivity index (χ4n) is 1.16. The van der Waals surface area contributed by atoms with Crippen LogP contribution in [-0.4, -0.2) is 24.4 Å². The molecule has 1 unspecified atom stereocenters. The van der Waals surface area contributed by atoms with E-state index in [1.165, 1.54) is 32.1 Å². The molecule has 0 rings (SSSR count). The molecular formula is C11H24O2. The summed E-state index contributed by atoms with van der Waals surface area (Å²) in [6.07, 6.45) is 6.95. The molecule has 80 valence electrons. The molecule has 1 N–H and O–H groups in total. The Morgan fingerprint density at radius 2 is 1.77 bits per heavy atom. The monoisotopic (exact) mass is 188 g/mol. The summed E-state index contributed by atoms with van der Waals surface area (Å²) in [5.41, 5.74) is 0. The maximum absolute atomic E-state index is 8.95. The third-order valence-corrected chi connectivity index (χ3v) is 2.07. The average molecular weight is 188 g/mol. The first kappa shape index (κ1) is 12.9. The second kappa shape index (κ2) is 10.0. The van der Waals surface area contributed by atoms with Crippen LogP contribution >= 0.6 is 0 Å². The standard InChI is InChI=1S/C11H24O2/c1-3-4-5-6-7-9-13-10-8-11(2)12/h11-12H,3-10H2,1-2H3. The summed E-state index contributed by atoms with van der Waals surface area (Å²) in [4.78, 5) is 0. The largest absolute Gasteiger partial charge is 0.393 e. The van der Waals surface area contributed by atoms with Crippen LogP contribution in [0.15, 0.2) is 0 Å². The highest BCUT2D eigenvalue weighted by molar-refractivity contribution is 4.45. The van der Waals surface area contributed by atoms with Gasteiger partial charge in [-0.05, 0) is 19.8 Å².